The van der Waals surface area contributed by atoms with Crippen LogP contribution in [0.1, 0.15) is 44.2 Å². The molecule has 0 fully saturated rings. The molecule has 0 spiro atoms. The van der Waals surface area contributed by atoms with Gasteiger partial charge in [0.2, 0.25) is 0 Å². The minimum atomic E-state index is -0.527. The van der Waals surface area contributed by atoms with Gasteiger partial charge in [-0.05, 0) is 37.9 Å². The van der Waals surface area contributed by atoms with Crippen LogP contribution in [0.3, 0.4) is 0 Å². The first-order chi connectivity index (χ1) is 9.10. The number of rotatable bonds is 7. The maximum absolute atomic E-state index is 13.9. The second-order valence-electron chi connectivity index (χ2n) is 4.39. The lowest BCUT2D eigenvalue weighted by atomic mass is 9.99. The Morgan fingerprint density at radius 3 is 2.53 bits per heavy atom. The van der Waals surface area contributed by atoms with E-state index < -0.39 is 11.6 Å². The molecule has 0 heterocycles. The third kappa shape index (κ3) is 4.93. The second kappa shape index (κ2) is 8.29. The van der Waals surface area contributed by atoms with Gasteiger partial charge in [0, 0.05) is 22.5 Å². The monoisotopic (exact) mass is 329 g/mol. The highest BCUT2D eigenvalue weighted by Crippen LogP contribution is 2.28. The Balaban J connectivity index is 2.93. The number of benzene rings is 1. The summed E-state index contributed by atoms with van der Waals surface area (Å²) in [6.07, 6.45) is 8.10. The van der Waals surface area contributed by atoms with E-state index in [2.05, 4.69) is 27.2 Å². The Morgan fingerprint density at radius 2 is 2.00 bits per heavy atom. The summed E-state index contributed by atoms with van der Waals surface area (Å²) in [6, 6.07) is 2.25. The van der Waals surface area contributed by atoms with E-state index in [-0.39, 0.29) is 11.6 Å². The molecule has 1 N–H and O–H groups in total. The van der Waals surface area contributed by atoms with Gasteiger partial charge in [-0.3, -0.25) is 0 Å². The van der Waals surface area contributed by atoms with Crippen molar-refractivity contribution in [2.75, 3.05) is 6.54 Å². The van der Waals surface area contributed by atoms with Crippen LogP contribution < -0.4 is 5.32 Å². The minimum absolute atomic E-state index is 0.105. The average Bonchev–Trinajstić information content (AvgIpc) is 2.34. The molecule has 0 aliphatic carbocycles. The third-order valence-electron chi connectivity index (χ3n) is 2.85. The van der Waals surface area contributed by atoms with Crippen molar-refractivity contribution in [2.24, 2.45) is 0 Å². The standard InChI is InChI=1S/C15H18BrF2N/c1-3-5-6-7-14(19-8-4-2)15-12(17)9-11(16)10-13(15)18/h1,9-10,14,19H,4-8H2,2H3. The fraction of sp³-hybridized carbons (Fsp3) is 0.467. The van der Waals surface area contributed by atoms with E-state index in [9.17, 15) is 8.78 Å². The van der Waals surface area contributed by atoms with E-state index in [1.165, 1.54) is 12.1 Å². The zero-order valence-corrected chi connectivity index (χ0v) is 12.6. The number of unbranched alkanes of at least 4 members (excludes halogenated alkanes) is 1. The van der Waals surface area contributed by atoms with Gasteiger partial charge in [0.05, 0.1) is 0 Å². The van der Waals surface area contributed by atoms with Crippen molar-refractivity contribution in [1.29, 1.82) is 0 Å². The molecule has 1 aromatic rings. The molecular formula is C15H18BrF2N. The van der Waals surface area contributed by atoms with Crippen molar-refractivity contribution < 1.29 is 8.78 Å². The molecule has 0 aromatic heterocycles. The number of nitrogens with one attached hydrogen (secondary N) is 1. The largest absolute Gasteiger partial charge is 0.310 e. The van der Waals surface area contributed by atoms with Crippen molar-refractivity contribution >= 4 is 15.9 Å². The van der Waals surface area contributed by atoms with Gasteiger partial charge in [-0.25, -0.2) is 8.78 Å². The Bertz CT molecular complexity index is 431. The topological polar surface area (TPSA) is 12.0 Å². The highest BCUT2D eigenvalue weighted by Gasteiger charge is 2.20. The molecule has 1 aromatic carbocycles. The van der Waals surface area contributed by atoms with E-state index in [0.717, 1.165) is 19.4 Å². The van der Waals surface area contributed by atoms with Crippen molar-refractivity contribution in [3.63, 3.8) is 0 Å². The molecule has 0 amide bonds. The predicted molar refractivity (Wildman–Crippen MR) is 77.8 cm³/mol. The van der Waals surface area contributed by atoms with Gasteiger partial charge in [0.1, 0.15) is 11.6 Å². The molecule has 104 valence electrons. The van der Waals surface area contributed by atoms with Crippen LogP contribution in [0.25, 0.3) is 0 Å². The van der Waals surface area contributed by atoms with Gasteiger partial charge in [0.15, 0.2) is 0 Å². The Morgan fingerprint density at radius 1 is 1.37 bits per heavy atom. The van der Waals surface area contributed by atoms with Crippen molar-refractivity contribution in [2.45, 2.75) is 38.6 Å². The maximum Gasteiger partial charge on any atom is 0.132 e. The summed E-state index contributed by atoms with van der Waals surface area (Å²) in [5, 5.41) is 3.18. The molecule has 0 saturated carbocycles. The van der Waals surface area contributed by atoms with Gasteiger partial charge >= 0.3 is 0 Å². The molecule has 0 aliphatic heterocycles. The van der Waals surface area contributed by atoms with Gasteiger partial charge in [-0.15, -0.1) is 12.3 Å². The van der Waals surface area contributed by atoms with Crippen LogP contribution in [-0.2, 0) is 0 Å². The molecule has 1 nitrogen and oxygen atoms in total. The van der Waals surface area contributed by atoms with Crippen LogP contribution in [0, 0.1) is 24.0 Å². The lowest BCUT2D eigenvalue weighted by molar-refractivity contribution is 0.438. The van der Waals surface area contributed by atoms with E-state index in [0.29, 0.717) is 17.3 Å². The highest BCUT2D eigenvalue weighted by molar-refractivity contribution is 9.10. The number of hydrogen-bond acceptors (Lipinski definition) is 1. The van der Waals surface area contributed by atoms with Crippen LogP contribution in [0.2, 0.25) is 0 Å². The first-order valence-corrected chi connectivity index (χ1v) is 7.20. The molecule has 4 heteroatoms. The summed E-state index contributed by atoms with van der Waals surface area (Å²) >= 11 is 3.09. The maximum atomic E-state index is 13.9. The van der Waals surface area contributed by atoms with Crippen molar-refractivity contribution in [1.82, 2.24) is 5.32 Å². The molecule has 0 saturated heterocycles. The molecule has 0 radical (unpaired) electrons. The number of hydrogen-bond donors (Lipinski definition) is 1. The van der Waals surface area contributed by atoms with Gasteiger partial charge in [0.25, 0.3) is 0 Å². The van der Waals surface area contributed by atoms with E-state index in [1.807, 2.05) is 6.92 Å². The van der Waals surface area contributed by atoms with Crippen LogP contribution in [-0.4, -0.2) is 6.54 Å². The summed E-state index contributed by atoms with van der Waals surface area (Å²) in [7, 11) is 0. The van der Waals surface area contributed by atoms with Crippen molar-refractivity contribution in [3.8, 4) is 12.3 Å². The zero-order valence-electron chi connectivity index (χ0n) is 11.0. The lowest BCUT2D eigenvalue weighted by Gasteiger charge is -2.20. The second-order valence-corrected chi connectivity index (χ2v) is 5.30. The Hall–Kier alpha value is -0.920. The third-order valence-corrected chi connectivity index (χ3v) is 3.30. The van der Waals surface area contributed by atoms with Crippen molar-refractivity contribution in [3.05, 3.63) is 33.8 Å². The number of terminal acetylenes is 1. The summed E-state index contributed by atoms with van der Waals surface area (Å²) in [6.45, 7) is 2.73. The molecule has 19 heavy (non-hydrogen) atoms. The normalized spacial score (nSPS) is 12.2. The number of halogens is 3. The first-order valence-electron chi connectivity index (χ1n) is 6.41. The fourth-order valence-corrected chi connectivity index (χ4v) is 2.36. The SMILES string of the molecule is C#CCCCC(NCCC)c1c(F)cc(Br)cc1F. The Labute approximate surface area is 121 Å². The molecule has 1 unspecified atom stereocenters. The van der Waals surface area contributed by atoms with E-state index in [1.54, 1.807) is 0 Å². The molecular weight excluding hydrogens is 312 g/mol. The van der Waals surface area contributed by atoms with Gasteiger partial charge < -0.3 is 5.32 Å². The fourth-order valence-electron chi connectivity index (χ4n) is 1.96. The zero-order chi connectivity index (χ0) is 14.3. The minimum Gasteiger partial charge on any atom is -0.310 e. The summed E-state index contributed by atoms with van der Waals surface area (Å²) < 4.78 is 28.3. The average molecular weight is 330 g/mol. The summed E-state index contributed by atoms with van der Waals surface area (Å²) in [5.74, 6) is 1.49. The van der Waals surface area contributed by atoms with E-state index >= 15 is 0 Å². The molecule has 1 rings (SSSR count). The Kier molecular flexibility index (Phi) is 7.04. The van der Waals surface area contributed by atoms with Crippen LogP contribution in [0.4, 0.5) is 8.78 Å². The van der Waals surface area contributed by atoms with Crippen LogP contribution >= 0.6 is 15.9 Å². The first kappa shape index (κ1) is 16.1. The molecule has 0 bridgehead atoms. The summed E-state index contributed by atoms with van der Waals surface area (Å²) in [5.41, 5.74) is 0.105. The quantitative estimate of drug-likeness (QED) is 0.570. The van der Waals surface area contributed by atoms with Gasteiger partial charge in [-0.1, -0.05) is 22.9 Å². The van der Waals surface area contributed by atoms with Gasteiger partial charge in [-0.2, -0.15) is 0 Å². The smallest absolute Gasteiger partial charge is 0.132 e. The molecule has 0 aliphatic rings. The van der Waals surface area contributed by atoms with Crippen LogP contribution in [0.15, 0.2) is 16.6 Å². The van der Waals surface area contributed by atoms with E-state index in [4.69, 9.17) is 6.42 Å². The molecule has 1 atom stereocenters. The highest BCUT2D eigenvalue weighted by atomic mass is 79.9. The lowest BCUT2D eigenvalue weighted by Crippen LogP contribution is -2.24. The van der Waals surface area contributed by atoms with Crippen LogP contribution in [0.5, 0.6) is 0 Å². The predicted octanol–water partition coefficient (Wildman–Crippen LogP) is 4.57. The summed E-state index contributed by atoms with van der Waals surface area (Å²) in [4.78, 5) is 0.